The van der Waals surface area contributed by atoms with Gasteiger partial charge in [0, 0.05) is 29.8 Å². The molecule has 0 heterocycles. The number of hydrogen-bond donors (Lipinski definition) is 6. The van der Waals surface area contributed by atoms with Gasteiger partial charge in [-0.3, -0.25) is 0 Å². The molecular formula is C18H23NO7. The Bertz CT molecular complexity index is 681. The van der Waals surface area contributed by atoms with Crippen LogP contribution in [0, 0.1) is 0 Å². The smallest absolute Gasteiger partial charge is 0.328 e. The highest BCUT2D eigenvalue weighted by molar-refractivity contribution is 5.89. The van der Waals surface area contributed by atoms with Crippen LogP contribution in [0.4, 0.5) is 0 Å². The number of fused-ring (bicyclic) bond motifs is 1. The monoisotopic (exact) mass is 365 g/mol. The standard InChI is InChI=1S/C14H19NO3.C4H4O4/c16-12-7-5-9-10(14(12)18)4-6-11(13(9)17)15-8-2-1-3-8;5-3(6)1-2-4(7)8/h5,7-8,11,13,15-18H,1-4,6H2;1-2H,(H,5,6)(H,7,8)/t11-,13+;/m0./s1. The van der Waals surface area contributed by atoms with E-state index in [2.05, 4.69) is 5.32 Å². The van der Waals surface area contributed by atoms with Crippen molar-refractivity contribution in [3.05, 3.63) is 35.4 Å². The first kappa shape index (κ1) is 19.7. The fourth-order valence-corrected chi connectivity index (χ4v) is 3.05. The number of rotatable bonds is 4. The Labute approximate surface area is 150 Å². The minimum absolute atomic E-state index is 0.0618. The van der Waals surface area contributed by atoms with Crippen LogP contribution < -0.4 is 5.32 Å². The van der Waals surface area contributed by atoms with Gasteiger partial charge in [-0.25, -0.2) is 9.59 Å². The van der Waals surface area contributed by atoms with Crippen LogP contribution in [0.15, 0.2) is 24.3 Å². The molecule has 1 saturated carbocycles. The van der Waals surface area contributed by atoms with E-state index in [0.717, 1.165) is 12.0 Å². The third kappa shape index (κ3) is 4.96. The van der Waals surface area contributed by atoms with Crippen LogP contribution in [-0.4, -0.2) is 49.6 Å². The summed E-state index contributed by atoms with van der Waals surface area (Å²) in [5.74, 6) is -2.69. The van der Waals surface area contributed by atoms with Crippen molar-refractivity contribution in [2.45, 2.75) is 50.3 Å². The maximum absolute atomic E-state index is 10.3. The van der Waals surface area contributed by atoms with Gasteiger partial charge in [-0.2, -0.15) is 0 Å². The number of nitrogens with one attached hydrogen (secondary N) is 1. The van der Waals surface area contributed by atoms with Crippen LogP contribution in [0.25, 0.3) is 0 Å². The first-order valence-corrected chi connectivity index (χ1v) is 8.41. The average molecular weight is 365 g/mol. The number of aromatic hydroxyl groups is 2. The van der Waals surface area contributed by atoms with Gasteiger partial charge < -0.3 is 30.8 Å². The summed E-state index contributed by atoms with van der Waals surface area (Å²) in [5, 5.41) is 48.7. The fraction of sp³-hybridized carbons (Fsp3) is 0.444. The zero-order valence-corrected chi connectivity index (χ0v) is 14.1. The van der Waals surface area contributed by atoms with Crippen molar-refractivity contribution in [3.63, 3.8) is 0 Å². The number of hydrogen-bond acceptors (Lipinski definition) is 6. The summed E-state index contributed by atoms with van der Waals surface area (Å²) in [4.78, 5) is 19.1. The van der Waals surface area contributed by atoms with E-state index in [9.17, 15) is 24.9 Å². The molecule has 8 heteroatoms. The van der Waals surface area contributed by atoms with E-state index in [4.69, 9.17) is 10.2 Å². The van der Waals surface area contributed by atoms with Gasteiger partial charge in [0.05, 0.1) is 6.10 Å². The van der Waals surface area contributed by atoms with Crippen molar-refractivity contribution < 1.29 is 35.1 Å². The van der Waals surface area contributed by atoms with E-state index in [-0.39, 0.29) is 17.5 Å². The Morgan fingerprint density at radius 2 is 1.65 bits per heavy atom. The summed E-state index contributed by atoms with van der Waals surface area (Å²) in [7, 11) is 0. The van der Waals surface area contributed by atoms with E-state index >= 15 is 0 Å². The predicted molar refractivity (Wildman–Crippen MR) is 92.0 cm³/mol. The molecule has 0 unspecified atom stereocenters. The Kier molecular flexibility index (Phi) is 6.59. The van der Waals surface area contributed by atoms with Gasteiger partial charge in [0.25, 0.3) is 0 Å². The van der Waals surface area contributed by atoms with Crippen LogP contribution in [-0.2, 0) is 16.0 Å². The summed E-state index contributed by atoms with van der Waals surface area (Å²) in [6.45, 7) is 0. The van der Waals surface area contributed by atoms with Crippen LogP contribution in [0.2, 0.25) is 0 Å². The number of aliphatic hydroxyl groups is 1. The van der Waals surface area contributed by atoms with Crippen molar-refractivity contribution in [1.82, 2.24) is 5.32 Å². The summed E-state index contributed by atoms with van der Waals surface area (Å²) in [6, 6.07) is 3.76. The van der Waals surface area contributed by atoms with Gasteiger partial charge in [-0.1, -0.05) is 12.5 Å². The molecule has 0 aromatic heterocycles. The Balaban J connectivity index is 0.000000260. The predicted octanol–water partition coefficient (Wildman–Crippen LogP) is 1.30. The SMILES string of the molecule is O=C(O)C=CC(=O)O.Oc1ccc2c(c1O)CC[C@H](NC1CCC1)[C@@H]2O. The van der Waals surface area contributed by atoms with Crippen molar-refractivity contribution >= 4 is 11.9 Å². The number of phenolic OH excluding ortho intramolecular Hbond substituents is 2. The average Bonchev–Trinajstić information content (AvgIpc) is 2.55. The zero-order valence-electron chi connectivity index (χ0n) is 14.1. The molecule has 0 radical (unpaired) electrons. The van der Waals surface area contributed by atoms with Gasteiger partial charge >= 0.3 is 11.9 Å². The first-order chi connectivity index (χ1) is 12.3. The molecule has 3 rings (SSSR count). The van der Waals surface area contributed by atoms with Gasteiger partial charge in [-0.15, -0.1) is 0 Å². The molecule has 1 aromatic rings. The number of benzene rings is 1. The lowest BCUT2D eigenvalue weighted by Crippen LogP contribution is -2.46. The maximum Gasteiger partial charge on any atom is 0.328 e. The summed E-state index contributed by atoms with van der Waals surface area (Å²) in [6.07, 6.45) is 5.66. The van der Waals surface area contributed by atoms with Gasteiger partial charge in [0.1, 0.15) is 0 Å². The molecule has 0 saturated heterocycles. The summed E-state index contributed by atoms with van der Waals surface area (Å²) < 4.78 is 0. The lowest BCUT2D eigenvalue weighted by Gasteiger charge is -2.37. The van der Waals surface area contributed by atoms with Crippen LogP contribution in [0.5, 0.6) is 11.5 Å². The lowest BCUT2D eigenvalue weighted by molar-refractivity contribution is -0.134. The van der Waals surface area contributed by atoms with Crippen LogP contribution >= 0.6 is 0 Å². The van der Waals surface area contributed by atoms with Crippen molar-refractivity contribution in [1.29, 1.82) is 0 Å². The van der Waals surface area contributed by atoms with Crippen LogP contribution in [0.1, 0.15) is 42.9 Å². The Hall–Kier alpha value is -2.58. The summed E-state index contributed by atoms with van der Waals surface area (Å²) in [5.41, 5.74) is 1.43. The molecule has 0 bridgehead atoms. The highest BCUT2D eigenvalue weighted by Crippen LogP contribution is 2.40. The van der Waals surface area contributed by atoms with Crippen LogP contribution in [0.3, 0.4) is 0 Å². The van der Waals surface area contributed by atoms with Crippen molar-refractivity contribution in [3.8, 4) is 11.5 Å². The Morgan fingerprint density at radius 1 is 1.04 bits per heavy atom. The number of aliphatic carboxylic acids is 2. The van der Waals surface area contributed by atoms with E-state index in [1.165, 1.54) is 25.3 Å². The van der Waals surface area contributed by atoms with E-state index in [0.29, 0.717) is 30.2 Å². The molecule has 26 heavy (non-hydrogen) atoms. The van der Waals surface area contributed by atoms with E-state index in [1.807, 2.05) is 0 Å². The van der Waals surface area contributed by atoms with Crippen molar-refractivity contribution in [2.24, 2.45) is 0 Å². The molecule has 142 valence electrons. The highest BCUT2D eigenvalue weighted by atomic mass is 16.4. The molecule has 0 aliphatic heterocycles. The molecule has 1 aromatic carbocycles. The number of carboxylic acids is 2. The lowest BCUT2D eigenvalue weighted by atomic mass is 9.83. The Morgan fingerprint density at radius 3 is 2.15 bits per heavy atom. The van der Waals surface area contributed by atoms with Gasteiger partial charge in [-0.05, 0) is 37.3 Å². The van der Waals surface area contributed by atoms with E-state index in [1.54, 1.807) is 6.07 Å². The quantitative estimate of drug-likeness (QED) is 0.346. The third-order valence-corrected chi connectivity index (χ3v) is 4.63. The molecule has 8 nitrogen and oxygen atoms in total. The molecule has 2 aliphatic carbocycles. The second-order valence-electron chi connectivity index (χ2n) is 6.40. The minimum atomic E-state index is -1.26. The molecule has 2 aliphatic rings. The van der Waals surface area contributed by atoms with Gasteiger partial charge in [0.2, 0.25) is 0 Å². The second-order valence-corrected chi connectivity index (χ2v) is 6.40. The normalized spacial score (nSPS) is 22.0. The summed E-state index contributed by atoms with van der Waals surface area (Å²) >= 11 is 0. The zero-order chi connectivity index (χ0) is 19.3. The second kappa shape index (κ2) is 8.68. The molecule has 6 N–H and O–H groups in total. The fourth-order valence-electron chi connectivity index (χ4n) is 3.05. The topological polar surface area (TPSA) is 147 Å². The van der Waals surface area contributed by atoms with Gasteiger partial charge in [0.15, 0.2) is 11.5 Å². The highest BCUT2D eigenvalue weighted by Gasteiger charge is 2.32. The minimum Gasteiger partial charge on any atom is -0.504 e. The molecule has 0 amide bonds. The number of phenols is 2. The number of aliphatic hydroxyl groups excluding tert-OH is 1. The maximum atomic E-state index is 10.3. The molecular weight excluding hydrogens is 342 g/mol. The molecule has 2 atom stereocenters. The number of carbonyl (C=O) groups is 2. The third-order valence-electron chi connectivity index (χ3n) is 4.63. The molecule has 1 fully saturated rings. The number of carboxylic acid groups (broad SMARTS) is 2. The largest absolute Gasteiger partial charge is 0.504 e. The van der Waals surface area contributed by atoms with E-state index < -0.39 is 18.0 Å². The first-order valence-electron chi connectivity index (χ1n) is 8.41. The molecule has 0 spiro atoms. The van der Waals surface area contributed by atoms with Crippen molar-refractivity contribution in [2.75, 3.05) is 0 Å².